The molecule has 0 spiro atoms. The Balaban J connectivity index is 0.00000243. The molecule has 2 aromatic rings. The molecule has 2 aromatic heterocycles. The monoisotopic (exact) mass is 363 g/mol. The minimum absolute atomic E-state index is 0. The number of aromatic nitrogens is 3. The molecule has 142 valence electrons. The van der Waals surface area contributed by atoms with E-state index in [1.807, 2.05) is 19.9 Å². The van der Waals surface area contributed by atoms with Crippen molar-refractivity contribution in [2.75, 3.05) is 12.3 Å². The highest BCUT2D eigenvalue weighted by atomic mass is 16.6. The molecule has 3 heterocycles. The standard InChI is InChI=1S/C16H21N5O4.CH4/c1-9(2)24-7-11-13(22)15(3,23)16(8-17,25-11)12-6-19-14-10(18)4-5-20-21(12)14;/h4-6,9,11,13,22-23H,7,18H2,1-3H3;1H4/t11-,13-,15-,16+;/m1./s1. The molecule has 1 saturated heterocycles. The summed E-state index contributed by atoms with van der Waals surface area (Å²) in [6.45, 7) is 5.06. The van der Waals surface area contributed by atoms with Crippen LogP contribution in [0.4, 0.5) is 5.69 Å². The summed E-state index contributed by atoms with van der Waals surface area (Å²) in [5.41, 5.74) is 2.98. The third-order valence-corrected chi connectivity index (χ3v) is 4.51. The molecule has 0 aromatic carbocycles. The van der Waals surface area contributed by atoms with Gasteiger partial charge in [0.05, 0.1) is 30.8 Å². The van der Waals surface area contributed by atoms with Crippen LogP contribution < -0.4 is 5.73 Å². The molecule has 0 radical (unpaired) electrons. The third kappa shape index (κ3) is 2.71. The second-order valence-corrected chi connectivity index (χ2v) is 6.59. The number of nitrogens with two attached hydrogens (primary N) is 1. The van der Waals surface area contributed by atoms with Gasteiger partial charge in [0.25, 0.3) is 0 Å². The molecular weight excluding hydrogens is 338 g/mol. The van der Waals surface area contributed by atoms with Crippen LogP contribution in [-0.2, 0) is 15.1 Å². The molecule has 1 fully saturated rings. The first-order chi connectivity index (χ1) is 11.7. The smallest absolute Gasteiger partial charge is 0.229 e. The van der Waals surface area contributed by atoms with Crippen molar-refractivity contribution in [2.24, 2.45) is 0 Å². The number of nitriles is 1. The highest BCUT2D eigenvalue weighted by Gasteiger charge is 2.65. The largest absolute Gasteiger partial charge is 0.396 e. The van der Waals surface area contributed by atoms with Crippen LogP contribution in [-0.4, -0.2) is 55.3 Å². The Morgan fingerprint density at radius 3 is 2.85 bits per heavy atom. The van der Waals surface area contributed by atoms with E-state index in [0.29, 0.717) is 11.3 Å². The predicted octanol–water partition coefficient (Wildman–Crippen LogP) is 0.602. The lowest BCUT2D eigenvalue weighted by atomic mass is 9.80. The Bertz CT molecular complexity index is 828. The number of hydrogen-bond donors (Lipinski definition) is 3. The van der Waals surface area contributed by atoms with Crippen molar-refractivity contribution in [2.45, 2.75) is 57.7 Å². The van der Waals surface area contributed by atoms with Crippen LogP contribution in [0.15, 0.2) is 18.5 Å². The van der Waals surface area contributed by atoms with Gasteiger partial charge in [-0.25, -0.2) is 9.50 Å². The summed E-state index contributed by atoms with van der Waals surface area (Å²) in [5.74, 6) is 0. The number of aliphatic hydroxyl groups excluding tert-OH is 1. The van der Waals surface area contributed by atoms with Crippen molar-refractivity contribution < 1.29 is 19.7 Å². The van der Waals surface area contributed by atoms with Gasteiger partial charge in [-0.05, 0) is 26.8 Å². The number of anilines is 1. The maximum Gasteiger partial charge on any atom is 0.229 e. The molecule has 4 atom stereocenters. The maximum atomic E-state index is 11.0. The summed E-state index contributed by atoms with van der Waals surface area (Å²) < 4.78 is 12.7. The van der Waals surface area contributed by atoms with Crippen LogP contribution in [0.3, 0.4) is 0 Å². The first kappa shape index (κ1) is 20.1. The number of aliphatic hydroxyl groups is 2. The molecule has 26 heavy (non-hydrogen) atoms. The summed E-state index contributed by atoms with van der Waals surface area (Å²) in [6.07, 6.45) is 0.517. The van der Waals surface area contributed by atoms with Crippen molar-refractivity contribution in [3.8, 4) is 6.07 Å². The summed E-state index contributed by atoms with van der Waals surface area (Å²) >= 11 is 0. The van der Waals surface area contributed by atoms with Gasteiger partial charge in [0, 0.05) is 0 Å². The van der Waals surface area contributed by atoms with E-state index in [1.54, 1.807) is 6.07 Å². The molecule has 0 saturated carbocycles. The number of nitrogen functional groups attached to an aromatic ring is 1. The average Bonchev–Trinajstić information content (AvgIpc) is 3.07. The molecule has 0 amide bonds. The van der Waals surface area contributed by atoms with Gasteiger partial charge in [-0.15, -0.1) is 0 Å². The van der Waals surface area contributed by atoms with E-state index in [9.17, 15) is 15.5 Å². The Hall–Kier alpha value is -2.25. The van der Waals surface area contributed by atoms with Gasteiger partial charge in [0.2, 0.25) is 5.60 Å². The molecule has 0 aliphatic carbocycles. The Morgan fingerprint density at radius 2 is 2.23 bits per heavy atom. The Morgan fingerprint density at radius 1 is 1.54 bits per heavy atom. The number of imidazole rings is 1. The first-order valence-electron chi connectivity index (χ1n) is 7.94. The van der Waals surface area contributed by atoms with E-state index in [0.717, 1.165) is 0 Å². The third-order valence-electron chi connectivity index (χ3n) is 4.51. The molecule has 0 unspecified atom stereocenters. The molecule has 1 aliphatic rings. The highest BCUT2D eigenvalue weighted by molar-refractivity contribution is 5.64. The molecule has 9 heteroatoms. The van der Waals surface area contributed by atoms with E-state index in [4.69, 9.17) is 15.2 Å². The fourth-order valence-corrected chi connectivity index (χ4v) is 3.06. The molecule has 9 nitrogen and oxygen atoms in total. The van der Waals surface area contributed by atoms with Gasteiger partial charge in [0.15, 0.2) is 5.65 Å². The summed E-state index contributed by atoms with van der Waals surface area (Å²) in [5, 5.41) is 35.5. The van der Waals surface area contributed by atoms with Gasteiger partial charge in [-0.3, -0.25) is 0 Å². The molecular formula is C17H25N5O4. The molecule has 3 rings (SSSR count). The van der Waals surface area contributed by atoms with E-state index in [2.05, 4.69) is 10.1 Å². The summed E-state index contributed by atoms with van der Waals surface area (Å²) in [7, 11) is 0. The first-order valence-corrected chi connectivity index (χ1v) is 7.94. The van der Waals surface area contributed by atoms with E-state index in [-0.39, 0.29) is 25.8 Å². The summed E-state index contributed by atoms with van der Waals surface area (Å²) in [6, 6.07) is 3.58. The van der Waals surface area contributed by atoms with E-state index < -0.39 is 23.4 Å². The van der Waals surface area contributed by atoms with Crippen molar-refractivity contribution in [1.29, 1.82) is 5.26 Å². The number of nitrogens with zero attached hydrogens (tertiary/aromatic N) is 4. The van der Waals surface area contributed by atoms with E-state index in [1.165, 1.54) is 23.8 Å². The number of fused-ring (bicyclic) bond motifs is 1. The van der Waals surface area contributed by atoms with Crippen molar-refractivity contribution in [1.82, 2.24) is 14.6 Å². The average molecular weight is 363 g/mol. The number of ether oxygens (including phenoxy) is 2. The topological polar surface area (TPSA) is 139 Å². The maximum absolute atomic E-state index is 11.0. The lowest BCUT2D eigenvalue weighted by Gasteiger charge is -2.32. The normalized spacial score (nSPS) is 31.1. The number of hydrogen-bond acceptors (Lipinski definition) is 8. The number of rotatable bonds is 4. The van der Waals surface area contributed by atoms with E-state index >= 15 is 0 Å². The fraction of sp³-hybridized carbons (Fsp3) is 0.588. The van der Waals surface area contributed by atoms with Gasteiger partial charge in [-0.1, -0.05) is 7.43 Å². The SMILES string of the molecule is C.CC(C)OC[C@H]1O[C@@](C#N)(c2cnc3c(N)ccnn23)[C@](C)(O)[C@@H]1O. The zero-order valence-electron chi connectivity index (χ0n) is 14.2. The van der Waals surface area contributed by atoms with Crippen LogP contribution >= 0.6 is 0 Å². The second-order valence-electron chi connectivity index (χ2n) is 6.59. The van der Waals surface area contributed by atoms with Gasteiger partial charge >= 0.3 is 0 Å². The second kappa shape index (κ2) is 6.81. The molecule has 1 aliphatic heterocycles. The Labute approximate surface area is 152 Å². The fourth-order valence-electron chi connectivity index (χ4n) is 3.06. The van der Waals surface area contributed by atoms with Gasteiger partial charge < -0.3 is 25.4 Å². The molecule has 4 N–H and O–H groups in total. The van der Waals surface area contributed by atoms with Crippen molar-refractivity contribution in [3.63, 3.8) is 0 Å². The van der Waals surface area contributed by atoms with Crippen molar-refractivity contribution in [3.05, 3.63) is 24.2 Å². The van der Waals surface area contributed by atoms with Crippen LogP contribution in [0.1, 0.15) is 33.9 Å². The lowest BCUT2D eigenvalue weighted by molar-refractivity contribution is -0.112. The highest BCUT2D eigenvalue weighted by Crippen LogP contribution is 2.47. The van der Waals surface area contributed by atoms with Gasteiger partial charge in [0.1, 0.15) is 29.6 Å². The predicted molar refractivity (Wildman–Crippen MR) is 94.0 cm³/mol. The zero-order valence-corrected chi connectivity index (χ0v) is 14.2. The van der Waals surface area contributed by atoms with Crippen LogP contribution in [0.5, 0.6) is 0 Å². The van der Waals surface area contributed by atoms with Gasteiger partial charge in [-0.2, -0.15) is 10.4 Å². The van der Waals surface area contributed by atoms with Crippen LogP contribution in [0, 0.1) is 11.3 Å². The minimum atomic E-state index is -1.91. The van der Waals surface area contributed by atoms with Crippen molar-refractivity contribution >= 4 is 11.3 Å². The minimum Gasteiger partial charge on any atom is -0.396 e. The molecule has 0 bridgehead atoms. The Kier molecular flexibility index (Phi) is 5.26. The summed E-state index contributed by atoms with van der Waals surface area (Å²) in [4.78, 5) is 4.17. The van der Waals surface area contributed by atoms with Crippen LogP contribution in [0.2, 0.25) is 0 Å². The zero-order chi connectivity index (χ0) is 18.4. The van der Waals surface area contributed by atoms with Crippen LogP contribution in [0.25, 0.3) is 5.65 Å². The lowest BCUT2D eigenvalue weighted by Crippen LogP contribution is -2.52. The quantitative estimate of drug-likeness (QED) is 0.718.